The molecule has 0 bridgehead atoms. The van der Waals surface area contributed by atoms with Crippen molar-refractivity contribution >= 4 is 29.1 Å². The van der Waals surface area contributed by atoms with Gasteiger partial charge in [0.05, 0.1) is 10.6 Å². The van der Waals surface area contributed by atoms with Gasteiger partial charge >= 0.3 is 0 Å². The summed E-state index contributed by atoms with van der Waals surface area (Å²) in [5, 5.41) is 3.09. The van der Waals surface area contributed by atoms with Crippen molar-refractivity contribution in [1.82, 2.24) is 10.2 Å². The van der Waals surface area contributed by atoms with Gasteiger partial charge in [-0.2, -0.15) is 0 Å². The predicted octanol–water partition coefficient (Wildman–Crippen LogP) is 0.884. The standard InChI is InChI=1S/C12H14ClN3O2/c13-10-2-1-8(14)7-9(10)12(18)16-5-3-11(17)15-4-6-16/h1-2,7H,3-6,14H2,(H,15,17). The predicted molar refractivity (Wildman–Crippen MR) is 69.4 cm³/mol. The van der Waals surface area contributed by atoms with Crippen molar-refractivity contribution in [2.24, 2.45) is 0 Å². The second-order valence-corrected chi connectivity index (χ2v) is 4.54. The van der Waals surface area contributed by atoms with E-state index < -0.39 is 0 Å². The third-order valence-corrected chi connectivity index (χ3v) is 3.15. The molecule has 0 aliphatic carbocycles. The van der Waals surface area contributed by atoms with Gasteiger partial charge in [-0.05, 0) is 18.2 Å². The molecule has 1 heterocycles. The fourth-order valence-corrected chi connectivity index (χ4v) is 2.05. The van der Waals surface area contributed by atoms with Gasteiger partial charge in [-0.3, -0.25) is 9.59 Å². The van der Waals surface area contributed by atoms with Crippen LogP contribution in [-0.4, -0.2) is 36.3 Å². The molecule has 0 radical (unpaired) electrons. The lowest BCUT2D eigenvalue weighted by Gasteiger charge is -2.20. The summed E-state index contributed by atoms with van der Waals surface area (Å²) >= 11 is 5.99. The fraction of sp³-hybridized carbons (Fsp3) is 0.333. The Morgan fingerprint density at radius 3 is 2.94 bits per heavy atom. The summed E-state index contributed by atoms with van der Waals surface area (Å²) in [6, 6.07) is 4.81. The molecule has 3 N–H and O–H groups in total. The number of hydrogen-bond acceptors (Lipinski definition) is 3. The van der Waals surface area contributed by atoms with Crippen LogP contribution in [0.15, 0.2) is 18.2 Å². The number of nitrogens with zero attached hydrogens (tertiary/aromatic N) is 1. The van der Waals surface area contributed by atoms with Crippen LogP contribution in [0.3, 0.4) is 0 Å². The van der Waals surface area contributed by atoms with Crippen molar-refractivity contribution in [3.05, 3.63) is 28.8 Å². The molecule has 96 valence electrons. The number of rotatable bonds is 1. The first-order chi connectivity index (χ1) is 8.58. The molecule has 0 spiro atoms. The summed E-state index contributed by atoms with van der Waals surface area (Å²) < 4.78 is 0. The molecule has 2 amide bonds. The highest BCUT2D eigenvalue weighted by Crippen LogP contribution is 2.20. The van der Waals surface area contributed by atoms with Crippen molar-refractivity contribution in [3.63, 3.8) is 0 Å². The first-order valence-electron chi connectivity index (χ1n) is 5.69. The highest BCUT2D eigenvalue weighted by atomic mass is 35.5. The molecule has 5 nitrogen and oxygen atoms in total. The van der Waals surface area contributed by atoms with Gasteiger partial charge in [0.25, 0.3) is 5.91 Å². The van der Waals surface area contributed by atoms with E-state index >= 15 is 0 Å². The van der Waals surface area contributed by atoms with Crippen molar-refractivity contribution in [2.75, 3.05) is 25.4 Å². The number of hydrogen-bond donors (Lipinski definition) is 2. The Bertz CT molecular complexity index is 490. The van der Waals surface area contributed by atoms with E-state index in [0.717, 1.165) is 0 Å². The Labute approximate surface area is 110 Å². The topological polar surface area (TPSA) is 75.4 Å². The number of halogens is 1. The lowest BCUT2D eigenvalue weighted by molar-refractivity contribution is -0.120. The molecule has 1 aromatic rings. The Balaban J connectivity index is 2.19. The van der Waals surface area contributed by atoms with Gasteiger partial charge in [0, 0.05) is 31.7 Å². The van der Waals surface area contributed by atoms with Crippen LogP contribution in [0.25, 0.3) is 0 Å². The zero-order valence-corrected chi connectivity index (χ0v) is 10.5. The van der Waals surface area contributed by atoms with Crippen LogP contribution in [-0.2, 0) is 4.79 Å². The number of anilines is 1. The van der Waals surface area contributed by atoms with Gasteiger partial charge < -0.3 is 16.0 Å². The van der Waals surface area contributed by atoms with Gasteiger partial charge in [0.1, 0.15) is 0 Å². The van der Waals surface area contributed by atoms with Crippen molar-refractivity contribution < 1.29 is 9.59 Å². The maximum Gasteiger partial charge on any atom is 0.255 e. The number of benzene rings is 1. The molecule has 1 aliphatic rings. The molecule has 1 saturated heterocycles. The minimum atomic E-state index is -0.191. The number of carbonyl (C=O) groups excluding carboxylic acids is 2. The minimum Gasteiger partial charge on any atom is -0.399 e. The maximum absolute atomic E-state index is 12.3. The summed E-state index contributed by atoms with van der Waals surface area (Å²) in [5.41, 5.74) is 6.52. The van der Waals surface area contributed by atoms with E-state index in [1.165, 1.54) is 0 Å². The molecule has 0 aromatic heterocycles. The molecule has 1 aromatic carbocycles. The number of nitrogens with one attached hydrogen (secondary N) is 1. The molecule has 2 rings (SSSR count). The third kappa shape index (κ3) is 2.73. The molecule has 1 fully saturated rings. The zero-order valence-electron chi connectivity index (χ0n) is 9.78. The minimum absolute atomic E-state index is 0.0380. The number of carbonyl (C=O) groups is 2. The van der Waals surface area contributed by atoms with E-state index in [1.54, 1.807) is 23.1 Å². The van der Waals surface area contributed by atoms with E-state index in [1.807, 2.05) is 0 Å². The molecule has 18 heavy (non-hydrogen) atoms. The molecule has 1 aliphatic heterocycles. The zero-order chi connectivity index (χ0) is 13.1. The summed E-state index contributed by atoms with van der Waals surface area (Å²) in [5.74, 6) is -0.229. The SMILES string of the molecule is Nc1ccc(Cl)c(C(=O)N2CCNC(=O)CC2)c1. The van der Waals surface area contributed by atoms with Crippen molar-refractivity contribution in [3.8, 4) is 0 Å². The first-order valence-corrected chi connectivity index (χ1v) is 6.07. The Hall–Kier alpha value is -1.75. The molecule has 0 unspecified atom stereocenters. The average molecular weight is 268 g/mol. The normalized spacial score (nSPS) is 16.1. The lowest BCUT2D eigenvalue weighted by atomic mass is 10.1. The maximum atomic E-state index is 12.3. The van der Waals surface area contributed by atoms with Crippen LogP contribution in [0.2, 0.25) is 5.02 Å². The third-order valence-electron chi connectivity index (χ3n) is 2.82. The van der Waals surface area contributed by atoms with Crippen LogP contribution in [0.1, 0.15) is 16.8 Å². The molecular weight excluding hydrogens is 254 g/mol. The van der Waals surface area contributed by atoms with Gasteiger partial charge in [0.2, 0.25) is 5.91 Å². The van der Waals surface area contributed by atoms with Crippen LogP contribution in [0.4, 0.5) is 5.69 Å². The van der Waals surface area contributed by atoms with Crippen LogP contribution < -0.4 is 11.1 Å². The highest BCUT2D eigenvalue weighted by molar-refractivity contribution is 6.34. The second-order valence-electron chi connectivity index (χ2n) is 4.13. The van der Waals surface area contributed by atoms with Crippen molar-refractivity contribution in [2.45, 2.75) is 6.42 Å². The summed E-state index contributed by atoms with van der Waals surface area (Å²) in [4.78, 5) is 25.1. The Morgan fingerprint density at radius 2 is 2.17 bits per heavy atom. The van der Waals surface area contributed by atoms with Crippen LogP contribution >= 0.6 is 11.6 Å². The fourth-order valence-electron chi connectivity index (χ4n) is 1.85. The van der Waals surface area contributed by atoms with E-state index in [9.17, 15) is 9.59 Å². The largest absolute Gasteiger partial charge is 0.399 e. The smallest absolute Gasteiger partial charge is 0.255 e. The first kappa shape index (κ1) is 12.7. The number of amides is 2. The van der Waals surface area contributed by atoms with Gasteiger partial charge in [0.15, 0.2) is 0 Å². The summed E-state index contributed by atoms with van der Waals surface area (Å²) in [6.45, 7) is 1.34. The van der Waals surface area contributed by atoms with Crippen molar-refractivity contribution in [1.29, 1.82) is 0 Å². The number of nitrogens with two attached hydrogens (primary N) is 1. The van der Waals surface area contributed by atoms with Gasteiger partial charge in [-0.1, -0.05) is 11.6 Å². The quantitative estimate of drug-likeness (QED) is 0.742. The highest BCUT2D eigenvalue weighted by Gasteiger charge is 2.21. The average Bonchev–Trinajstić information content (AvgIpc) is 2.56. The molecule has 0 atom stereocenters. The van der Waals surface area contributed by atoms with E-state index in [0.29, 0.717) is 42.3 Å². The summed E-state index contributed by atoms with van der Waals surface area (Å²) in [7, 11) is 0. The number of nitrogen functional groups attached to an aromatic ring is 1. The van der Waals surface area contributed by atoms with E-state index in [2.05, 4.69) is 5.32 Å². The Kier molecular flexibility index (Phi) is 3.72. The van der Waals surface area contributed by atoms with E-state index in [4.69, 9.17) is 17.3 Å². The monoisotopic (exact) mass is 267 g/mol. The molecule has 0 saturated carbocycles. The Morgan fingerprint density at radius 1 is 1.39 bits per heavy atom. The van der Waals surface area contributed by atoms with Crippen LogP contribution in [0, 0.1) is 0 Å². The van der Waals surface area contributed by atoms with E-state index in [-0.39, 0.29) is 11.8 Å². The molecule has 6 heteroatoms. The van der Waals surface area contributed by atoms with Crippen LogP contribution in [0.5, 0.6) is 0 Å². The van der Waals surface area contributed by atoms with Gasteiger partial charge in [-0.25, -0.2) is 0 Å². The molecular formula is C12H14ClN3O2. The summed E-state index contributed by atoms with van der Waals surface area (Å²) in [6.07, 6.45) is 0.311. The van der Waals surface area contributed by atoms with Gasteiger partial charge in [-0.15, -0.1) is 0 Å². The lowest BCUT2D eigenvalue weighted by Crippen LogP contribution is -2.34. The second kappa shape index (κ2) is 5.27.